The molecule has 10 heteroatoms. The van der Waals surface area contributed by atoms with E-state index in [2.05, 4.69) is 20.7 Å². The van der Waals surface area contributed by atoms with Crippen LogP contribution in [-0.2, 0) is 17.8 Å². The van der Waals surface area contributed by atoms with Crippen LogP contribution >= 0.6 is 22.7 Å². The average Bonchev–Trinajstić information content (AvgIpc) is 3.59. The number of aromatic nitrogens is 3. The molecule has 4 aromatic rings. The van der Waals surface area contributed by atoms with Crippen LogP contribution in [0.25, 0.3) is 5.69 Å². The lowest BCUT2D eigenvalue weighted by molar-refractivity contribution is -0.125. The van der Waals surface area contributed by atoms with E-state index in [1.165, 1.54) is 11.3 Å². The number of ketones is 1. The highest BCUT2D eigenvalue weighted by Crippen LogP contribution is 2.32. The first-order valence-corrected chi connectivity index (χ1v) is 12.1. The number of thiazole rings is 1. The highest BCUT2D eigenvalue weighted by molar-refractivity contribution is 7.17. The molecule has 1 atom stereocenters. The predicted octanol–water partition coefficient (Wildman–Crippen LogP) is 3.70. The van der Waals surface area contributed by atoms with Gasteiger partial charge in [-0.05, 0) is 35.2 Å². The predicted molar refractivity (Wildman–Crippen MR) is 126 cm³/mol. The van der Waals surface area contributed by atoms with E-state index in [9.17, 15) is 14.4 Å². The zero-order valence-corrected chi connectivity index (χ0v) is 19.0. The van der Waals surface area contributed by atoms with Gasteiger partial charge in [0.2, 0.25) is 5.91 Å². The normalized spacial score (nSPS) is 15.2. The first-order chi connectivity index (χ1) is 16.1. The summed E-state index contributed by atoms with van der Waals surface area (Å²) in [6, 6.07) is 11.3. The summed E-state index contributed by atoms with van der Waals surface area (Å²) in [4.78, 5) is 42.7. The summed E-state index contributed by atoms with van der Waals surface area (Å²) >= 11 is 2.60. The van der Waals surface area contributed by atoms with Crippen LogP contribution in [0.3, 0.4) is 0 Å². The molecule has 166 valence electrons. The van der Waals surface area contributed by atoms with Crippen LogP contribution in [-0.4, -0.2) is 32.4 Å². The molecule has 0 bridgehead atoms. The standard InChI is InChI=1S/C23H19N5O3S2/c29-19-11-16(10-18-20(19)33-23(26-18)27-22(31)15-5-8-32-13-15)21(30)24-12-14-3-1-4-17(9-14)28-7-2-6-25-28/h1-9,13,16H,10-12H2,(H,24,30)(H,26,27,31)/t16-/m0/s1. The number of hydrogen-bond donors (Lipinski definition) is 2. The van der Waals surface area contributed by atoms with Crippen molar-refractivity contribution in [3.8, 4) is 5.69 Å². The molecule has 2 N–H and O–H groups in total. The van der Waals surface area contributed by atoms with Gasteiger partial charge in [0.1, 0.15) is 0 Å². The van der Waals surface area contributed by atoms with E-state index >= 15 is 0 Å². The second-order valence-electron chi connectivity index (χ2n) is 7.63. The molecule has 1 aliphatic carbocycles. The lowest BCUT2D eigenvalue weighted by atomic mass is 9.89. The summed E-state index contributed by atoms with van der Waals surface area (Å²) in [5.41, 5.74) is 2.96. The fourth-order valence-electron chi connectivity index (χ4n) is 3.70. The Kier molecular flexibility index (Phi) is 5.84. The Morgan fingerprint density at radius 2 is 2.09 bits per heavy atom. The Balaban J connectivity index is 1.22. The molecule has 0 radical (unpaired) electrons. The highest BCUT2D eigenvalue weighted by atomic mass is 32.1. The maximum atomic E-state index is 12.8. The summed E-state index contributed by atoms with van der Waals surface area (Å²) in [5, 5.41) is 13.8. The number of anilines is 1. The minimum absolute atomic E-state index is 0.120. The lowest BCUT2D eigenvalue weighted by Gasteiger charge is -2.19. The van der Waals surface area contributed by atoms with E-state index in [1.54, 1.807) is 22.3 Å². The number of rotatable bonds is 6. The first-order valence-electron chi connectivity index (χ1n) is 10.3. The molecule has 1 aromatic carbocycles. The number of fused-ring (bicyclic) bond motifs is 1. The number of nitrogens with one attached hydrogen (secondary N) is 2. The molecular formula is C23H19N5O3S2. The quantitative estimate of drug-likeness (QED) is 0.440. The number of nitrogens with zero attached hydrogens (tertiary/aromatic N) is 3. The van der Waals surface area contributed by atoms with Gasteiger partial charge in [-0.2, -0.15) is 16.4 Å². The van der Waals surface area contributed by atoms with Crippen molar-refractivity contribution in [3.05, 3.63) is 81.2 Å². The summed E-state index contributed by atoms with van der Waals surface area (Å²) < 4.78 is 1.75. The summed E-state index contributed by atoms with van der Waals surface area (Å²) in [6.45, 7) is 0.352. The van der Waals surface area contributed by atoms with Gasteiger partial charge in [-0.25, -0.2) is 9.67 Å². The molecule has 0 fully saturated rings. The minimum atomic E-state index is -0.484. The lowest BCUT2D eigenvalue weighted by Crippen LogP contribution is -2.35. The number of hydrogen-bond acceptors (Lipinski definition) is 7. The molecular weight excluding hydrogens is 458 g/mol. The van der Waals surface area contributed by atoms with Crippen LogP contribution in [0.5, 0.6) is 0 Å². The largest absolute Gasteiger partial charge is 0.352 e. The Hall–Kier alpha value is -3.63. The average molecular weight is 478 g/mol. The highest BCUT2D eigenvalue weighted by Gasteiger charge is 2.33. The van der Waals surface area contributed by atoms with Crippen LogP contribution in [0.15, 0.2) is 59.6 Å². The van der Waals surface area contributed by atoms with Crippen LogP contribution in [0.4, 0.5) is 5.13 Å². The van der Waals surface area contributed by atoms with E-state index in [1.807, 2.05) is 41.9 Å². The SMILES string of the molecule is O=C(Nc1nc2c(s1)C(=O)C[C@@H](C(=O)NCc1cccc(-n3cccn3)c1)C2)c1ccsc1. The van der Waals surface area contributed by atoms with Gasteiger partial charge in [-0.15, -0.1) is 0 Å². The zero-order chi connectivity index (χ0) is 22.8. The Morgan fingerprint density at radius 3 is 2.88 bits per heavy atom. The molecule has 2 amide bonds. The van der Waals surface area contributed by atoms with Crippen molar-refractivity contribution >= 4 is 45.4 Å². The number of Topliss-reactive ketones (excluding diaryl/α,β-unsaturated/α-hetero) is 1. The van der Waals surface area contributed by atoms with Crippen molar-refractivity contribution in [1.29, 1.82) is 0 Å². The summed E-state index contributed by atoms with van der Waals surface area (Å²) in [5.74, 6) is -1.05. The number of amides is 2. The van der Waals surface area contributed by atoms with Gasteiger partial charge in [0.15, 0.2) is 10.9 Å². The number of benzene rings is 1. The third-order valence-corrected chi connectivity index (χ3v) is 7.08. The minimum Gasteiger partial charge on any atom is -0.352 e. The third kappa shape index (κ3) is 4.62. The first kappa shape index (κ1) is 21.2. The second-order valence-corrected chi connectivity index (χ2v) is 9.41. The molecule has 0 spiro atoms. The summed E-state index contributed by atoms with van der Waals surface area (Å²) in [6.07, 6.45) is 4.06. The van der Waals surface area contributed by atoms with Crippen LogP contribution in [0.1, 0.15) is 37.7 Å². The fraction of sp³-hybridized carbons (Fsp3) is 0.174. The molecule has 5 rings (SSSR count). The van der Waals surface area contributed by atoms with Gasteiger partial charge in [0, 0.05) is 37.2 Å². The molecule has 1 aliphatic rings. The van der Waals surface area contributed by atoms with Crippen molar-refractivity contribution in [1.82, 2.24) is 20.1 Å². The maximum Gasteiger partial charge on any atom is 0.258 e. The van der Waals surface area contributed by atoms with Gasteiger partial charge < -0.3 is 5.32 Å². The van der Waals surface area contributed by atoms with Crippen molar-refractivity contribution < 1.29 is 14.4 Å². The Morgan fingerprint density at radius 1 is 1.18 bits per heavy atom. The maximum absolute atomic E-state index is 12.8. The van der Waals surface area contributed by atoms with E-state index in [0.717, 1.165) is 22.6 Å². The topological polar surface area (TPSA) is 106 Å². The van der Waals surface area contributed by atoms with Crippen molar-refractivity contribution in [2.24, 2.45) is 5.92 Å². The molecule has 3 aromatic heterocycles. The molecule has 33 heavy (non-hydrogen) atoms. The van der Waals surface area contributed by atoms with E-state index in [4.69, 9.17) is 0 Å². The fourth-order valence-corrected chi connectivity index (χ4v) is 5.27. The molecule has 0 saturated carbocycles. The smallest absolute Gasteiger partial charge is 0.258 e. The third-order valence-electron chi connectivity index (χ3n) is 5.34. The van der Waals surface area contributed by atoms with Crippen molar-refractivity contribution in [2.75, 3.05) is 5.32 Å². The van der Waals surface area contributed by atoms with Crippen LogP contribution in [0, 0.1) is 5.92 Å². The monoisotopic (exact) mass is 477 g/mol. The van der Waals surface area contributed by atoms with Crippen molar-refractivity contribution in [3.63, 3.8) is 0 Å². The molecule has 0 aliphatic heterocycles. The number of thiophene rings is 1. The summed E-state index contributed by atoms with van der Waals surface area (Å²) in [7, 11) is 0. The Labute approximate surface area is 197 Å². The molecule has 3 heterocycles. The van der Waals surface area contributed by atoms with E-state index in [0.29, 0.717) is 34.2 Å². The molecule has 8 nitrogen and oxygen atoms in total. The van der Waals surface area contributed by atoms with E-state index < -0.39 is 5.92 Å². The van der Waals surface area contributed by atoms with Gasteiger partial charge in [-0.1, -0.05) is 23.5 Å². The van der Waals surface area contributed by atoms with Gasteiger partial charge in [0.25, 0.3) is 5.91 Å². The van der Waals surface area contributed by atoms with Crippen LogP contribution in [0.2, 0.25) is 0 Å². The van der Waals surface area contributed by atoms with Gasteiger partial charge in [0.05, 0.1) is 27.7 Å². The number of carbonyl (C=O) groups is 3. The Bertz CT molecular complexity index is 1310. The number of carbonyl (C=O) groups excluding carboxylic acids is 3. The van der Waals surface area contributed by atoms with Crippen molar-refractivity contribution in [2.45, 2.75) is 19.4 Å². The molecule has 0 saturated heterocycles. The molecule has 0 unspecified atom stereocenters. The second kappa shape index (κ2) is 9.08. The van der Waals surface area contributed by atoms with Gasteiger partial charge >= 0.3 is 0 Å². The van der Waals surface area contributed by atoms with Crippen LogP contribution < -0.4 is 10.6 Å². The van der Waals surface area contributed by atoms with E-state index in [-0.39, 0.29) is 24.0 Å². The zero-order valence-electron chi connectivity index (χ0n) is 17.4. The van der Waals surface area contributed by atoms with Gasteiger partial charge in [-0.3, -0.25) is 19.7 Å².